The average molecular weight is 413 g/mol. The van der Waals surface area contributed by atoms with E-state index in [-0.39, 0.29) is 5.91 Å². The van der Waals surface area contributed by atoms with E-state index < -0.39 is 0 Å². The Hall–Kier alpha value is -3.25. The largest absolute Gasteiger partial charge is 0.326 e. The lowest BCUT2D eigenvalue weighted by Crippen LogP contribution is -2.13. The Labute approximate surface area is 179 Å². The van der Waals surface area contributed by atoms with Gasteiger partial charge in [-0.1, -0.05) is 60.3 Å². The molecule has 0 bridgehead atoms. The fourth-order valence-corrected chi connectivity index (χ4v) is 4.54. The van der Waals surface area contributed by atoms with Gasteiger partial charge in [0.25, 0.3) is 0 Å². The monoisotopic (exact) mass is 412 g/mol. The van der Waals surface area contributed by atoms with Gasteiger partial charge in [-0.3, -0.25) is 4.79 Å². The van der Waals surface area contributed by atoms with Crippen LogP contribution in [0, 0.1) is 13.8 Å². The number of hydrogen-bond acceptors (Lipinski definition) is 5. The van der Waals surface area contributed by atoms with Crippen molar-refractivity contribution in [3.05, 3.63) is 65.7 Å². The molecule has 1 aliphatic carbocycles. The molecule has 0 atom stereocenters. The van der Waals surface area contributed by atoms with Crippen molar-refractivity contribution in [2.24, 2.45) is 0 Å². The summed E-state index contributed by atoms with van der Waals surface area (Å²) in [5, 5.41) is 14.7. The van der Waals surface area contributed by atoms with Gasteiger partial charge >= 0.3 is 0 Å². The van der Waals surface area contributed by atoms with Crippen molar-refractivity contribution in [3.8, 4) is 22.5 Å². The van der Waals surface area contributed by atoms with Gasteiger partial charge in [0.05, 0.1) is 0 Å². The topological polar surface area (TPSA) is 67.8 Å². The first-order valence-electron chi connectivity index (χ1n) is 9.88. The highest BCUT2D eigenvalue weighted by Gasteiger charge is 2.24. The van der Waals surface area contributed by atoms with Gasteiger partial charge in [-0.25, -0.2) is 4.98 Å². The molecule has 1 aromatic heterocycles. The highest BCUT2D eigenvalue weighted by Crippen LogP contribution is 2.44. The number of nitrogens with one attached hydrogen (secondary N) is 1. The van der Waals surface area contributed by atoms with Crippen LogP contribution in [0.2, 0.25) is 0 Å². The third kappa shape index (κ3) is 3.23. The molecule has 1 aliphatic rings. The highest BCUT2D eigenvalue weighted by molar-refractivity contribution is 7.99. The number of aromatic nitrogens is 3. The predicted octanol–water partition coefficient (Wildman–Crippen LogP) is 5.41. The van der Waals surface area contributed by atoms with E-state index in [9.17, 15) is 4.79 Å². The maximum atomic E-state index is 12.3. The number of thioether (sulfide) groups is 1. The van der Waals surface area contributed by atoms with Crippen LogP contribution in [-0.2, 0) is 4.79 Å². The highest BCUT2D eigenvalue weighted by atomic mass is 32.2. The number of amides is 1. The smallest absolute Gasteiger partial charge is 0.225 e. The third-order valence-corrected chi connectivity index (χ3v) is 6.36. The molecule has 6 heteroatoms. The minimum atomic E-state index is -0.0116. The Balaban J connectivity index is 1.28. The first kappa shape index (κ1) is 18.8. The molecule has 0 fully saturated rings. The SMILES string of the molecule is Cc1cccc(NC(=O)CCSc2nnc3c(n2)-c2cccc4cccc-3c24)c1C. The fourth-order valence-electron chi connectivity index (χ4n) is 3.81. The van der Waals surface area contributed by atoms with Gasteiger partial charge in [0.15, 0.2) is 0 Å². The molecule has 5 nitrogen and oxygen atoms in total. The number of carbonyl (C=O) groups excluding carboxylic acids is 1. The number of benzene rings is 3. The minimum absolute atomic E-state index is 0.0116. The normalized spacial score (nSPS) is 11.5. The summed E-state index contributed by atoms with van der Waals surface area (Å²) in [6, 6.07) is 18.4. The van der Waals surface area contributed by atoms with Crippen molar-refractivity contribution < 1.29 is 4.79 Å². The third-order valence-electron chi connectivity index (χ3n) is 5.52. The Morgan fingerprint density at radius 1 is 0.933 bits per heavy atom. The molecule has 0 spiro atoms. The van der Waals surface area contributed by atoms with Gasteiger partial charge in [0, 0.05) is 34.4 Å². The van der Waals surface area contributed by atoms with E-state index in [1.54, 1.807) is 0 Å². The molecule has 0 radical (unpaired) electrons. The zero-order chi connectivity index (χ0) is 20.7. The summed E-state index contributed by atoms with van der Waals surface area (Å²) in [5.41, 5.74) is 7.02. The predicted molar refractivity (Wildman–Crippen MR) is 122 cm³/mol. The summed E-state index contributed by atoms with van der Waals surface area (Å²) in [5.74, 6) is 0.580. The van der Waals surface area contributed by atoms with Gasteiger partial charge in [-0.2, -0.15) is 0 Å². The Kier molecular flexibility index (Phi) is 4.71. The van der Waals surface area contributed by atoms with Crippen molar-refractivity contribution in [1.29, 1.82) is 0 Å². The van der Waals surface area contributed by atoms with Gasteiger partial charge in [0.1, 0.15) is 11.4 Å². The molecule has 0 unspecified atom stereocenters. The number of carbonyl (C=O) groups is 1. The summed E-state index contributed by atoms with van der Waals surface area (Å²) < 4.78 is 0. The van der Waals surface area contributed by atoms with Crippen molar-refractivity contribution in [3.63, 3.8) is 0 Å². The summed E-state index contributed by atoms with van der Waals surface area (Å²) in [7, 11) is 0. The first-order valence-corrected chi connectivity index (χ1v) is 10.9. The number of anilines is 1. The van der Waals surface area contributed by atoms with E-state index in [2.05, 4.69) is 39.8 Å². The van der Waals surface area contributed by atoms with E-state index >= 15 is 0 Å². The molecular formula is C24H20N4OS. The average Bonchev–Trinajstić information content (AvgIpc) is 3.07. The molecule has 0 saturated carbocycles. The molecule has 1 amide bonds. The van der Waals surface area contributed by atoms with E-state index in [0.29, 0.717) is 17.3 Å². The molecule has 3 aromatic carbocycles. The van der Waals surface area contributed by atoms with Crippen molar-refractivity contribution >= 4 is 34.1 Å². The molecular weight excluding hydrogens is 392 g/mol. The number of rotatable bonds is 5. The summed E-state index contributed by atoms with van der Waals surface area (Å²) >= 11 is 1.46. The molecule has 0 saturated heterocycles. The van der Waals surface area contributed by atoms with Gasteiger partial charge < -0.3 is 5.32 Å². The van der Waals surface area contributed by atoms with E-state index in [4.69, 9.17) is 4.98 Å². The number of fused-ring (bicyclic) bond motifs is 3. The van der Waals surface area contributed by atoms with Crippen LogP contribution in [0.4, 0.5) is 5.69 Å². The van der Waals surface area contributed by atoms with E-state index in [0.717, 1.165) is 39.3 Å². The fraction of sp³-hybridized carbons (Fsp3) is 0.167. The summed E-state index contributed by atoms with van der Waals surface area (Å²) in [6.45, 7) is 4.06. The van der Waals surface area contributed by atoms with Crippen LogP contribution < -0.4 is 5.32 Å². The van der Waals surface area contributed by atoms with Gasteiger partial charge in [0.2, 0.25) is 11.1 Å². The van der Waals surface area contributed by atoms with Crippen LogP contribution in [-0.4, -0.2) is 26.8 Å². The van der Waals surface area contributed by atoms with Crippen molar-refractivity contribution in [2.45, 2.75) is 25.4 Å². The maximum Gasteiger partial charge on any atom is 0.225 e. The zero-order valence-electron chi connectivity index (χ0n) is 16.8. The Bertz CT molecular complexity index is 1300. The van der Waals surface area contributed by atoms with Crippen LogP contribution in [0.25, 0.3) is 33.3 Å². The Morgan fingerprint density at radius 3 is 2.47 bits per heavy atom. The number of hydrogen-bond donors (Lipinski definition) is 1. The summed E-state index contributed by atoms with van der Waals surface area (Å²) in [6.07, 6.45) is 0.383. The van der Waals surface area contributed by atoms with Crippen molar-refractivity contribution in [2.75, 3.05) is 11.1 Å². The zero-order valence-corrected chi connectivity index (χ0v) is 17.6. The molecule has 30 heavy (non-hydrogen) atoms. The molecule has 148 valence electrons. The Morgan fingerprint density at radius 2 is 1.67 bits per heavy atom. The standard InChI is InChI=1S/C24H20N4OS/c1-14-6-3-11-19(15(14)2)25-20(29)12-13-30-24-26-22-17-9-4-7-16-8-5-10-18(21(16)17)23(22)27-28-24/h3-11H,12-13H2,1-2H3,(H,25,29). The van der Waals surface area contributed by atoms with Crippen LogP contribution in [0.3, 0.4) is 0 Å². The van der Waals surface area contributed by atoms with Crippen LogP contribution in [0.5, 0.6) is 0 Å². The second kappa shape index (κ2) is 7.54. The first-order chi connectivity index (χ1) is 14.6. The quantitative estimate of drug-likeness (QED) is 0.391. The lowest BCUT2D eigenvalue weighted by molar-refractivity contribution is -0.115. The van der Waals surface area contributed by atoms with Gasteiger partial charge in [-0.15, -0.1) is 10.2 Å². The maximum absolute atomic E-state index is 12.3. The van der Waals surface area contributed by atoms with Crippen molar-refractivity contribution in [1.82, 2.24) is 15.2 Å². The molecule has 5 rings (SSSR count). The van der Waals surface area contributed by atoms with Crippen LogP contribution in [0.1, 0.15) is 17.5 Å². The van der Waals surface area contributed by atoms with E-state index in [1.807, 2.05) is 44.2 Å². The second-order valence-corrected chi connectivity index (χ2v) is 8.46. The second-order valence-electron chi connectivity index (χ2n) is 7.39. The van der Waals surface area contributed by atoms with Gasteiger partial charge in [-0.05, 0) is 36.4 Å². The van der Waals surface area contributed by atoms with Crippen LogP contribution in [0.15, 0.2) is 59.8 Å². The van der Waals surface area contributed by atoms with Crippen LogP contribution >= 0.6 is 11.8 Å². The minimum Gasteiger partial charge on any atom is -0.326 e. The number of nitrogens with zero attached hydrogens (tertiary/aromatic N) is 3. The lowest BCUT2D eigenvalue weighted by Gasteiger charge is -2.10. The molecule has 4 aromatic rings. The molecule has 0 aliphatic heterocycles. The lowest BCUT2D eigenvalue weighted by atomic mass is 10.0. The van der Waals surface area contributed by atoms with E-state index in [1.165, 1.54) is 22.5 Å². The molecule has 1 N–H and O–H groups in total. The molecule has 1 heterocycles. The number of aryl methyl sites for hydroxylation is 1. The summed E-state index contributed by atoms with van der Waals surface area (Å²) in [4.78, 5) is 17.1.